The Kier molecular flexibility index (Phi) is 7.31. The Balaban J connectivity index is 1.59. The fourth-order valence-electron chi connectivity index (χ4n) is 3.44. The van der Waals surface area contributed by atoms with Gasteiger partial charge in [-0.1, -0.05) is 54.6 Å². The Bertz CT molecular complexity index is 1120. The van der Waals surface area contributed by atoms with E-state index in [-0.39, 0.29) is 23.3 Å². The van der Waals surface area contributed by atoms with Crippen LogP contribution in [0.2, 0.25) is 0 Å². The highest BCUT2D eigenvalue weighted by Crippen LogP contribution is 2.25. The lowest BCUT2D eigenvalue weighted by Crippen LogP contribution is -2.57. The molecule has 1 aliphatic heterocycles. The highest BCUT2D eigenvalue weighted by molar-refractivity contribution is 5.91. The van der Waals surface area contributed by atoms with Crippen LogP contribution in [0.3, 0.4) is 0 Å². The van der Waals surface area contributed by atoms with Gasteiger partial charge in [-0.05, 0) is 36.4 Å². The Morgan fingerprint density at radius 1 is 0.618 bits per heavy atom. The van der Waals surface area contributed by atoms with Crippen LogP contribution < -0.4 is 0 Å². The van der Waals surface area contributed by atoms with Gasteiger partial charge in [-0.25, -0.2) is 14.4 Å². The first-order valence-corrected chi connectivity index (χ1v) is 10.6. The molecular formula is C26H22O8. The summed E-state index contributed by atoms with van der Waals surface area (Å²) in [5, 5.41) is 10.5. The number of hydrogen-bond donors (Lipinski definition) is 1. The molecule has 0 spiro atoms. The van der Waals surface area contributed by atoms with E-state index in [0.29, 0.717) is 0 Å². The molecule has 0 unspecified atom stereocenters. The summed E-state index contributed by atoms with van der Waals surface area (Å²) in [6, 6.07) is 24.5. The summed E-state index contributed by atoms with van der Waals surface area (Å²) in [4.78, 5) is 38.1. The molecule has 8 heteroatoms. The van der Waals surface area contributed by atoms with Crippen molar-refractivity contribution in [2.75, 3.05) is 6.61 Å². The standard InChI is InChI=1S/C26H22O8/c27-23(17-10-4-1-5-11-17)32-20-16-31-26(30)22(34-25(29)19-14-8-3-9-15-19)21(20)33-24(28)18-12-6-2-7-13-18/h1-15,20-22,26,30H,16H2/t20-,21+,22-,26+/m1/s1. The maximum absolute atomic E-state index is 12.8. The van der Waals surface area contributed by atoms with E-state index in [9.17, 15) is 19.5 Å². The summed E-state index contributed by atoms with van der Waals surface area (Å²) in [6.07, 6.45) is -5.51. The van der Waals surface area contributed by atoms with Crippen LogP contribution >= 0.6 is 0 Å². The van der Waals surface area contributed by atoms with Gasteiger partial charge < -0.3 is 24.1 Å². The van der Waals surface area contributed by atoms with E-state index in [0.717, 1.165) is 0 Å². The summed E-state index contributed by atoms with van der Waals surface area (Å²) in [6.45, 7) is -0.272. The van der Waals surface area contributed by atoms with Crippen molar-refractivity contribution in [3.8, 4) is 0 Å². The number of aliphatic hydroxyl groups is 1. The Hall–Kier alpha value is -4.01. The maximum atomic E-state index is 12.8. The fourth-order valence-corrected chi connectivity index (χ4v) is 3.44. The van der Waals surface area contributed by atoms with Gasteiger partial charge in [0.2, 0.25) is 0 Å². The van der Waals surface area contributed by atoms with Gasteiger partial charge in [-0.15, -0.1) is 0 Å². The van der Waals surface area contributed by atoms with Crippen LogP contribution in [0.1, 0.15) is 31.1 Å². The molecule has 4 rings (SSSR count). The number of ether oxygens (including phenoxy) is 4. The summed E-state index contributed by atoms with van der Waals surface area (Å²) < 4.78 is 21.9. The van der Waals surface area contributed by atoms with Gasteiger partial charge in [0.15, 0.2) is 24.6 Å². The lowest BCUT2D eigenvalue weighted by Gasteiger charge is -2.38. The van der Waals surface area contributed by atoms with Crippen LogP contribution in [0.25, 0.3) is 0 Å². The van der Waals surface area contributed by atoms with Gasteiger partial charge >= 0.3 is 17.9 Å². The predicted molar refractivity (Wildman–Crippen MR) is 119 cm³/mol. The highest BCUT2D eigenvalue weighted by Gasteiger charge is 2.47. The smallest absolute Gasteiger partial charge is 0.338 e. The van der Waals surface area contributed by atoms with Crippen molar-refractivity contribution in [1.82, 2.24) is 0 Å². The largest absolute Gasteiger partial charge is 0.452 e. The Labute approximate surface area is 195 Å². The number of carbonyl (C=O) groups excluding carboxylic acids is 3. The van der Waals surface area contributed by atoms with Crippen LogP contribution in [-0.2, 0) is 18.9 Å². The molecule has 0 bridgehead atoms. The molecule has 1 saturated heterocycles. The third-order valence-corrected chi connectivity index (χ3v) is 5.18. The van der Waals surface area contributed by atoms with Gasteiger partial charge in [0, 0.05) is 0 Å². The van der Waals surface area contributed by atoms with E-state index < -0.39 is 42.5 Å². The number of benzene rings is 3. The molecule has 0 radical (unpaired) electrons. The first-order chi connectivity index (χ1) is 16.5. The van der Waals surface area contributed by atoms with E-state index in [1.54, 1.807) is 78.9 Å². The topological polar surface area (TPSA) is 108 Å². The molecule has 34 heavy (non-hydrogen) atoms. The average Bonchev–Trinajstić information content (AvgIpc) is 2.89. The number of rotatable bonds is 6. The molecule has 1 aliphatic rings. The summed E-state index contributed by atoms with van der Waals surface area (Å²) in [5.41, 5.74) is 0.746. The number of aliphatic hydroxyl groups excluding tert-OH is 1. The van der Waals surface area contributed by atoms with E-state index in [2.05, 4.69) is 0 Å². The zero-order valence-corrected chi connectivity index (χ0v) is 18.0. The van der Waals surface area contributed by atoms with Crippen molar-refractivity contribution in [3.63, 3.8) is 0 Å². The van der Waals surface area contributed by atoms with Crippen LogP contribution in [0.5, 0.6) is 0 Å². The second-order valence-corrected chi connectivity index (χ2v) is 7.51. The Morgan fingerprint density at radius 2 is 1.00 bits per heavy atom. The minimum atomic E-state index is -1.60. The number of esters is 3. The van der Waals surface area contributed by atoms with Crippen LogP contribution in [0.4, 0.5) is 0 Å². The van der Waals surface area contributed by atoms with Gasteiger partial charge in [0.1, 0.15) is 0 Å². The van der Waals surface area contributed by atoms with E-state index in [4.69, 9.17) is 18.9 Å². The zero-order valence-electron chi connectivity index (χ0n) is 18.0. The molecule has 3 aromatic carbocycles. The van der Waals surface area contributed by atoms with Crippen molar-refractivity contribution >= 4 is 17.9 Å². The lowest BCUT2D eigenvalue weighted by molar-refractivity contribution is -0.251. The van der Waals surface area contributed by atoms with E-state index >= 15 is 0 Å². The van der Waals surface area contributed by atoms with E-state index in [1.807, 2.05) is 0 Å². The monoisotopic (exact) mass is 462 g/mol. The molecule has 1 fully saturated rings. The second-order valence-electron chi connectivity index (χ2n) is 7.51. The maximum Gasteiger partial charge on any atom is 0.338 e. The van der Waals surface area contributed by atoms with Gasteiger partial charge in [-0.3, -0.25) is 0 Å². The van der Waals surface area contributed by atoms with Crippen LogP contribution in [0, 0.1) is 0 Å². The number of hydrogen-bond acceptors (Lipinski definition) is 8. The molecule has 0 saturated carbocycles. The summed E-state index contributed by atoms with van der Waals surface area (Å²) in [5.74, 6) is -2.18. The minimum Gasteiger partial charge on any atom is -0.452 e. The SMILES string of the molecule is O=C(O[C@@H]1[C@@H](OC(=O)c2ccccc2)[C@H](OC(=O)c2ccccc2)CO[C@@H]1O)c1ccccc1. The van der Waals surface area contributed by atoms with Gasteiger partial charge in [-0.2, -0.15) is 0 Å². The van der Waals surface area contributed by atoms with Crippen LogP contribution in [0.15, 0.2) is 91.0 Å². The molecule has 1 heterocycles. The quantitative estimate of drug-likeness (QED) is 0.440. The summed E-state index contributed by atoms with van der Waals surface area (Å²) >= 11 is 0. The molecule has 0 aliphatic carbocycles. The van der Waals surface area contributed by atoms with Gasteiger partial charge in [0.25, 0.3) is 0 Å². The molecule has 0 amide bonds. The van der Waals surface area contributed by atoms with Gasteiger partial charge in [0.05, 0.1) is 23.3 Å². The molecular weight excluding hydrogens is 440 g/mol. The van der Waals surface area contributed by atoms with Crippen molar-refractivity contribution < 1.29 is 38.4 Å². The summed E-state index contributed by atoms with van der Waals surface area (Å²) in [7, 11) is 0. The predicted octanol–water partition coefficient (Wildman–Crippen LogP) is 3.01. The molecule has 0 aromatic heterocycles. The highest BCUT2D eigenvalue weighted by atomic mass is 16.7. The van der Waals surface area contributed by atoms with Crippen molar-refractivity contribution in [2.24, 2.45) is 0 Å². The first-order valence-electron chi connectivity index (χ1n) is 10.6. The third-order valence-electron chi connectivity index (χ3n) is 5.18. The average molecular weight is 462 g/mol. The lowest BCUT2D eigenvalue weighted by atomic mass is 10.0. The van der Waals surface area contributed by atoms with E-state index in [1.165, 1.54) is 12.1 Å². The molecule has 8 nitrogen and oxygen atoms in total. The second kappa shape index (κ2) is 10.7. The van der Waals surface area contributed by atoms with Crippen molar-refractivity contribution in [2.45, 2.75) is 24.6 Å². The zero-order chi connectivity index (χ0) is 23.9. The fraction of sp³-hybridized carbons (Fsp3) is 0.192. The molecule has 3 aromatic rings. The first kappa shape index (κ1) is 23.2. The third kappa shape index (κ3) is 5.48. The molecule has 174 valence electrons. The molecule has 4 atom stereocenters. The Morgan fingerprint density at radius 3 is 1.44 bits per heavy atom. The molecule has 1 N–H and O–H groups in total. The number of carbonyl (C=O) groups is 3. The van der Waals surface area contributed by atoms with Crippen LogP contribution in [-0.4, -0.2) is 54.2 Å². The van der Waals surface area contributed by atoms with Crippen molar-refractivity contribution in [3.05, 3.63) is 108 Å². The normalized spacial score (nSPS) is 21.8. The van der Waals surface area contributed by atoms with Crippen molar-refractivity contribution in [1.29, 1.82) is 0 Å². The minimum absolute atomic E-state index is 0.228.